The number of aromatic nitrogens is 2. The van der Waals surface area contributed by atoms with Crippen molar-refractivity contribution in [3.05, 3.63) is 42.2 Å². The first-order valence-electron chi connectivity index (χ1n) is 5.69. The minimum absolute atomic E-state index is 0.223. The predicted molar refractivity (Wildman–Crippen MR) is 68.8 cm³/mol. The van der Waals surface area contributed by atoms with Crippen molar-refractivity contribution in [3.63, 3.8) is 0 Å². The molecule has 1 aromatic carbocycles. The minimum Gasteiger partial charge on any atom is -0.454 e. The van der Waals surface area contributed by atoms with Gasteiger partial charge in [0.15, 0.2) is 11.5 Å². The number of carbonyl (C=O) groups is 1. The van der Waals surface area contributed by atoms with Crippen molar-refractivity contribution < 1.29 is 14.3 Å². The van der Waals surface area contributed by atoms with Gasteiger partial charge in [0.1, 0.15) is 0 Å². The number of hydrogen-bond donors (Lipinski definition) is 2. The van der Waals surface area contributed by atoms with Gasteiger partial charge in [0.25, 0.3) is 0 Å². The second-order valence-electron chi connectivity index (χ2n) is 3.92. The molecule has 1 amide bonds. The van der Waals surface area contributed by atoms with E-state index in [4.69, 9.17) is 9.47 Å². The Balaban J connectivity index is 1.67. The molecule has 0 saturated carbocycles. The highest BCUT2D eigenvalue weighted by Crippen LogP contribution is 2.32. The van der Waals surface area contributed by atoms with Crippen LogP contribution >= 0.6 is 0 Å². The highest BCUT2D eigenvalue weighted by molar-refractivity contribution is 6.01. The molecule has 6 heteroatoms. The number of anilines is 1. The van der Waals surface area contributed by atoms with Crippen LogP contribution in [0, 0.1) is 0 Å². The summed E-state index contributed by atoms with van der Waals surface area (Å²) in [5, 5.41) is 9.03. The molecule has 0 spiro atoms. The molecule has 0 fully saturated rings. The molecule has 2 aromatic rings. The average molecular weight is 257 g/mol. The Morgan fingerprint density at radius 3 is 3.11 bits per heavy atom. The maximum Gasteiger partial charge on any atom is 0.248 e. The van der Waals surface area contributed by atoms with E-state index in [9.17, 15) is 4.79 Å². The molecule has 0 atom stereocenters. The molecule has 0 radical (unpaired) electrons. The Morgan fingerprint density at radius 1 is 1.37 bits per heavy atom. The lowest BCUT2D eigenvalue weighted by Gasteiger charge is -1.98. The van der Waals surface area contributed by atoms with Gasteiger partial charge in [-0.15, -0.1) is 0 Å². The number of nitrogens with zero attached hydrogens (tertiary/aromatic N) is 1. The van der Waals surface area contributed by atoms with Crippen molar-refractivity contribution in [1.82, 2.24) is 10.2 Å². The smallest absolute Gasteiger partial charge is 0.248 e. The van der Waals surface area contributed by atoms with Crippen LogP contribution in [0.5, 0.6) is 11.5 Å². The molecule has 2 heterocycles. The van der Waals surface area contributed by atoms with E-state index in [-0.39, 0.29) is 12.7 Å². The molecule has 0 aliphatic carbocycles. The van der Waals surface area contributed by atoms with Crippen LogP contribution in [0.25, 0.3) is 6.08 Å². The van der Waals surface area contributed by atoms with E-state index in [1.807, 2.05) is 18.2 Å². The predicted octanol–water partition coefficient (Wildman–Crippen LogP) is 1.79. The fourth-order valence-corrected chi connectivity index (χ4v) is 1.69. The van der Waals surface area contributed by atoms with Gasteiger partial charge in [0.05, 0.1) is 11.9 Å². The number of benzene rings is 1. The van der Waals surface area contributed by atoms with Gasteiger partial charge in [-0.3, -0.25) is 9.89 Å². The van der Waals surface area contributed by atoms with E-state index in [1.165, 1.54) is 12.3 Å². The van der Waals surface area contributed by atoms with Crippen LogP contribution in [0.2, 0.25) is 0 Å². The van der Waals surface area contributed by atoms with Gasteiger partial charge >= 0.3 is 0 Å². The molecule has 0 bridgehead atoms. The van der Waals surface area contributed by atoms with Crippen molar-refractivity contribution in [3.8, 4) is 11.5 Å². The summed E-state index contributed by atoms with van der Waals surface area (Å²) >= 11 is 0. The Labute approximate surface area is 109 Å². The molecule has 1 aliphatic rings. The van der Waals surface area contributed by atoms with E-state index in [2.05, 4.69) is 15.5 Å². The molecule has 2 N–H and O–H groups in total. The first-order chi connectivity index (χ1) is 9.31. The summed E-state index contributed by atoms with van der Waals surface area (Å²) in [4.78, 5) is 11.6. The van der Waals surface area contributed by atoms with E-state index in [1.54, 1.807) is 12.3 Å². The molecular weight excluding hydrogens is 246 g/mol. The van der Waals surface area contributed by atoms with Crippen LogP contribution < -0.4 is 14.8 Å². The summed E-state index contributed by atoms with van der Waals surface area (Å²) in [6.45, 7) is 0.240. The maximum atomic E-state index is 11.6. The van der Waals surface area contributed by atoms with E-state index < -0.39 is 0 Å². The van der Waals surface area contributed by atoms with Crippen molar-refractivity contribution in [2.75, 3.05) is 12.1 Å². The van der Waals surface area contributed by atoms with Gasteiger partial charge in [0.2, 0.25) is 12.7 Å². The largest absolute Gasteiger partial charge is 0.454 e. The van der Waals surface area contributed by atoms with Gasteiger partial charge in [-0.05, 0) is 23.8 Å². The highest BCUT2D eigenvalue weighted by Gasteiger charge is 2.12. The van der Waals surface area contributed by atoms with Crippen LogP contribution in [-0.2, 0) is 4.79 Å². The lowest BCUT2D eigenvalue weighted by molar-refractivity contribution is -0.111. The van der Waals surface area contributed by atoms with Crippen LogP contribution in [0.3, 0.4) is 0 Å². The summed E-state index contributed by atoms with van der Waals surface area (Å²) in [6, 6.07) is 5.50. The van der Waals surface area contributed by atoms with Gasteiger partial charge in [-0.2, -0.15) is 5.10 Å². The first-order valence-corrected chi connectivity index (χ1v) is 5.69. The molecule has 3 rings (SSSR count). The monoisotopic (exact) mass is 257 g/mol. The van der Waals surface area contributed by atoms with Crippen molar-refractivity contribution in [1.29, 1.82) is 0 Å². The lowest BCUT2D eigenvalue weighted by atomic mass is 10.2. The van der Waals surface area contributed by atoms with E-state index >= 15 is 0 Å². The number of nitrogens with one attached hydrogen (secondary N) is 2. The molecule has 1 aliphatic heterocycles. The molecule has 1 aromatic heterocycles. The Morgan fingerprint density at radius 2 is 2.26 bits per heavy atom. The third-order valence-corrected chi connectivity index (χ3v) is 2.59. The molecule has 6 nitrogen and oxygen atoms in total. The number of rotatable bonds is 3. The Hall–Kier alpha value is -2.76. The van der Waals surface area contributed by atoms with Crippen LogP contribution in [0.1, 0.15) is 5.56 Å². The van der Waals surface area contributed by atoms with Crippen molar-refractivity contribution in [2.45, 2.75) is 0 Å². The molecule has 19 heavy (non-hydrogen) atoms. The molecule has 0 saturated heterocycles. The third-order valence-electron chi connectivity index (χ3n) is 2.59. The van der Waals surface area contributed by atoms with E-state index in [0.29, 0.717) is 11.4 Å². The normalized spacial score (nSPS) is 12.8. The molecular formula is C13H11N3O3. The molecule has 96 valence electrons. The van der Waals surface area contributed by atoms with Crippen LogP contribution in [0.4, 0.5) is 5.69 Å². The quantitative estimate of drug-likeness (QED) is 0.822. The second-order valence-corrected chi connectivity index (χ2v) is 3.92. The van der Waals surface area contributed by atoms with Crippen molar-refractivity contribution in [2.24, 2.45) is 0 Å². The number of ether oxygens (including phenoxy) is 2. The number of fused-ring (bicyclic) bond motifs is 1. The number of hydrogen-bond acceptors (Lipinski definition) is 4. The van der Waals surface area contributed by atoms with Gasteiger partial charge in [-0.1, -0.05) is 6.07 Å². The van der Waals surface area contributed by atoms with Gasteiger partial charge in [-0.25, -0.2) is 0 Å². The van der Waals surface area contributed by atoms with E-state index in [0.717, 1.165) is 11.3 Å². The zero-order valence-electron chi connectivity index (χ0n) is 9.92. The lowest BCUT2D eigenvalue weighted by Crippen LogP contribution is -2.06. The zero-order chi connectivity index (χ0) is 13.1. The topological polar surface area (TPSA) is 76.2 Å². The first kappa shape index (κ1) is 11.3. The Kier molecular flexibility index (Phi) is 2.89. The number of aromatic amines is 1. The number of amides is 1. The van der Waals surface area contributed by atoms with Gasteiger partial charge < -0.3 is 14.8 Å². The van der Waals surface area contributed by atoms with Gasteiger partial charge in [0, 0.05) is 12.3 Å². The van der Waals surface area contributed by atoms with Crippen LogP contribution in [0.15, 0.2) is 36.7 Å². The summed E-state index contributed by atoms with van der Waals surface area (Å²) in [5.74, 6) is 1.19. The molecule has 0 unspecified atom stereocenters. The third kappa shape index (κ3) is 2.57. The van der Waals surface area contributed by atoms with Crippen molar-refractivity contribution >= 4 is 17.7 Å². The number of H-pyrrole nitrogens is 1. The Bertz CT molecular complexity index is 620. The number of carbonyl (C=O) groups excluding carboxylic acids is 1. The zero-order valence-corrected chi connectivity index (χ0v) is 9.92. The fourth-order valence-electron chi connectivity index (χ4n) is 1.69. The maximum absolute atomic E-state index is 11.6. The summed E-state index contributed by atoms with van der Waals surface area (Å²) in [6.07, 6.45) is 6.29. The summed E-state index contributed by atoms with van der Waals surface area (Å²) in [7, 11) is 0. The fraction of sp³-hybridized carbons (Fsp3) is 0.0769. The average Bonchev–Trinajstić information content (AvgIpc) is 3.06. The second kappa shape index (κ2) is 4.85. The summed E-state index contributed by atoms with van der Waals surface area (Å²) in [5.41, 5.74) is 1.49. The highest BCUT2D eigenvalue weighted by atomic mass is 16.7. The minimum atomic E-state index is -0.223. The van der Waals surface area contributed by atoms with Crippen LogP contribution in [-0.4, -0.2) is 22.9 Å². The standard InChI is InChI=1S/C13H11N3O3/c17-13(16-10-6-14-15-7-10)4-2-9-1-3-11-12(5-9)19-8-18-11/h1-7H,8H2,(H,14,15)(H,16,17)/b4-2+. The summed E-state index contributed by atoms with van der Waals surface area (Å²) < 4.78 is 10.5. The SMILES string of the molecule is O=C(/C=C/c1ccc2c(c1)OCO2)Nc1cn[nH]c1.